The maximum Gasteiger partial charge on any atom is 0.161 e. The van der Waals surface area contributed by atoms with Crippen LogP contribution in [0.15, 0.2) is 23.2 Å². The number of hydrogen-bond acceptors (Lipinski definition) is 3. The van der Waals surface area contributed by atoms with Crippen molar-refractivity contribution >= 4 is 22.6 Å². The number of aliphatic imine (C=N–C) groups is 1. The molecule has 1 fully saturated rings. The van der Waals surface area contributed by atoms with Gasteiger partial charge in [-0.05, 0) is 44.2 Å². The molecule has 0 saturated heterocycles. The van der Waals surface area contributed by atoms with Gasteiger partial charge in [0.1, 0.15) is 0 Å². The van der Waals surface area contributed by atoms with Crippen molar-refractivity contribution in [2.24, 2.45) is 10.9 Å². The van der Waals surface area contributed by atoms with Gasteiger partial charge in [-0.1, -0.05) is 35.9 Å². The molecular weight excluding hydrogens is 240 g/mol. The Hall–Kier alpha value is -0.960. The van der Waals surface area contributed by atoms with E-state index in [1.807, 2.05) is 11.8 Å². The minimum atomic E-state index is 0.583. The van der Waals surface area contributed by atoms with E-state index >= 15 is 0 Å². The Balaban J connectivity index is 1.76. The fourth-order valence-electron chi connectivity index (χ4n) is 2.89. The molecule has 0 bridgehead atoms. The first kappa shape index (κ1) is 12.1. The number of amidine groups is 1. The van der Waals surface area contributed by atoms with Crippen molar-refractivity contribution in [1.29, 1.82) is 0 Å². The molecule has 2 unspecified atom stereocenters. The predicted molar refractivity (Wildman–Crippen MR) is 80.6 cm³/mol. The Kier molecular flexibility index (Phi) is 3.33. The summed E-state index contributed by atoms with van der Waals surface area (Å²) >= 11 is 1.89. The van der Waals surface area contributed by atoms with Crippen LogP contribution in [0.1, 0.15) is 30.4 Å². The maximum atomic E-state index is 4.87. The third-order valence-electron chi connectivity index (χ3n) is 3.96. The summed E-state index contributed by atoms with van der Waals surface area (Å²) in [6, 6.07) is 7.12. The van der Waals surface area contributed by atoms with Gasteiger partial charge < -0.3 is 5.32 Å². The van der Waals surface area contributed by atoms with E-state index in [0.717, 1.165) is 11.1 Å². The molecule has 3 heteroatoms. The Bertz CT molecular complexity index is 481. The minimum absolute atomic E-state index is 0.583. The van der Waals surface area contributed by atoms with Crippen molar-refractivity contribution in [2.75, 3.05) is 11.1 Å². The fourth-order valence-corrected chi connectivity index (χ4v) is 4.05. The van der Waals surface area contributed by atoms with Crippen molar-refractivity contribution in [3.05, 3.63) is 29.3 Å². The van der Waals surface area contributed by atoms with Crippen molar-refractivity contribution in [1.82, 2.24) is 0 Å². The SMILES string of the molecule is Cc1ccc(NC2=NC3CCCC3CS2)c(C)c1. The molecule has 3 rings (SSSR count). The van der Waals surface area contributed by atoms with Crippen LogP contribution in [0.4, 0.5) is 5.69 Å². The average molecular weight is 260 g/mol. The molecule has 2 aliphatic rings. The summed E-state index contributed by atoms with van der Waals surface area (Å²) in [7, 11) is 0. The summed E-state index contributed by atoms with van der Waals surface area (Å²) in [4.78, 5) is 4.87. The topological polar surface area (TPSA) is 24.4 Å². The molecule has 96 valence electrons. The Labute approximate surface area is 113 Å². The lowest BCUT2D eigenvalue weighted by atomic mass is 10.1. The molecule has 1 heterocycles. The highest BCUT2D eigenvalue weighted by atomic mass is 32.2. The van der Waals surface area contributed by atoms with Crippen molar-refractivity contribution in [3.8, 4) is 0 Å². The molecule has 2 atom stereocenters. The Morgan fingerprint density at radius 1 is 1.28 bits per heavy atom. The highest BCUT2D eigenvalue weighted by Gasteiger charge is 2.30. The third-order valence-corrected chi connectivity index (χ3v) is 5.04. The lowest BCUT2D eigenvalue weighted by molar-refractivity contribution is 0.535. The zero-order valence-electron chi connectivity index (χ0n) is 11.1. The summed E-state index contributed by atoms with van der Waals surface area (Å²) in [5.74, 6) is 2.07. The molecule has 2 nitrogen and oxygen atoms in total. The first-order chi connectivity index (χ1) is 8.72. The summed E-state index contributed by atoms with van der Waals surface area (Å²) in [5.41, 5.74) is 3.81. The number of hydrogen-bond donors (Lipinski definition) is 1. The van der Waals surface area contributed by atoms with E-state index in [4.69, 9.17) is 4.99 Å². The first-order valence-electron chi connectivity index (χ1n) is 6.77. The number of rotatable bonds is 1. The maximum absolute atomic E-state index is 4.87. The summed E-state index contributed by atoms with van der Waals surface area (Å²) in [5, 5.41) is 4.62. The van der Waals surface area contributed by atoms with Gasteiger partial charge in [-0.15, -0.1) is 0 Å². The second-order valence-electron chi connectivity index (χ2n) is 5.45. The lowest BCUT2D eigenvalue weighted by Crippen LogP contribution is -2.25. The summed E-state index contributed by atoms with van der Waals surface area (Å²) < 4.78 is 0. The van der Waals surface area contributed by atoms with Crippen LogP contribution in [0.5, 0.6) is 0 Å². The lowest BCUT2D eigenvalue weighted by Gasteiger charge is -2.24. The molecular formula is C15H20N2S. The van der Waals surface area contributed by atoms with Crippen molar-refractivity contribution < 1.29 is 0 Å². The van der Waals surface area contributed by atoms with Crippen molar-refractivity contribution in [2.45, 2.75) is 39.2 Å². The van der Waals surface area contributed by atoms with Gasteiger partial charge in [0.15, 0.2) is 5.17 Å². The van der Waals surface area contributed by atoms with Crippen molar-refractivity contribution in [3.63, 3.8) is 0 Å². The number of benzene rings is 1. The van der Waals surface area contributed by atoms with Crippen LogP contribution in [0.25, 0.3) is 0 Å². The monoisotopic (exact) mass is 260 g/mol. The average Bonchev–Trinajstić information content (AvgIpc) is 2.80. The summed E-state index contributed by atoms with van der Waals surface area (Å²) in [6.07, 6.45) is 4.01. The molecule has 0 radical (unpaired) electrons. The summed E-state index contributed by atoms with van der Waals surface area (Å²) in [6.45, 7) is 4.29. The number of nitrogens with zero attached hydrogens (tertiary/aromatic N) is 1. The minimum Gasteiger partial charge on any atom is -0.335 e. The van der Waals surface area contributed by atoms with Crippen LogP contribution in [0.2, 0.25) is 0 Å². The Morgan fingerprint density at radius 3 is 3.00 bits per heavy atom. The zero-order valence-corrected chi connectivity index (χ0v) is 11.9. The van der Waals surface area contributed by atoms with Crippen LogP contribution >= 0.6 is 11.8 Å². The molecule has 1 N–H and O–H groups in total. The highest BCUT2D eigenvalue weighted by molar-refractivity contribution is 8.14. The van der Waals surface area contributed by atoms with E-state index in [0.29, 0.717) is 6.04 Å². The highest BCUT2D eigenvalue weighted by Crippen LogP contribution is 2.35. The molecule has 1 aromatic rings. The fraction of sp³-hybridized carbons (Fsp3) is 0.533. The number of fused-ring (bicyclic) bond motifs is 1. The van der Waals surface area contributed by atoms with Gasteiger partial charge in [0.2, 0.25) is 0 Å². The predicted octanol–water partition coefficient (Wildman–Crippen LogP) is 3.99. The number of thioether (sulfide) groups is 1. The molecule has 0 aromatic heterocycles. The molecule has 1 aliphatic carbocycles. The molecule has 1 aliphatic heterocycles. The standard InChI is InChI=1S/C15H20N2S/c1-10-6-7-13(11(2)8-10)16-15-17-14-5-3-4-12(14)9-18-15/h6-8,12,14H,3-5,9H2,1-2H3,(H,16,17). The number of nitrogens with one attached hydrogen (secondary N) is 1. The first-order valence-corrected chi connectivity index (χ1v) is 7.76. The van der Waals surface area contributed by atoms with Gasteiger partial charge in [0.05, 0.1) is 6.04 Å². The Morgan fingerprint density at radius 2 is 2.17 bits per heavy atom. The van der Waals surface area contributed by atoms with E-state index < -0.39 is 0 Å². The van der Waals surface area contributed by atoms with Gasteiger partial charge >= 0.3 is 0 Å². The molecule has 1 saturated carbocycles. The van der Waals surface area contributed by atoms with E-state index in [2.05, 4.69) is 37.4 Å². The van der Waals surface area contributed by atoms with Crippen LogP contribution in [0.3, 0.4) is 0 Å². The van der Waals surface area contributed by atoms with Gasteiger partial charge in [-0.2, -0.15) is 0 Å². The number of aryl methyl sites for hydroxylation is 2. The number of anilines is 1. The van der Waals surface area contributed by atoms with E-state index in [1.165, 1.54) is 41.8 Å². The van der Waals surface area contributed by atoms with Crippen LogP contribution in [-0.2, 0) is 0 Å². The van der Waals surface area contributed by atoms with E-state index in [-0.39, 0.29) is 0 Å². The van der Waals surface area contributed by atoms with E-state index in [1.54, 1.807) is 0 Å². The van der Waals surface area contributed by atoms with Gasteiger partial charge in [-0.25, -0.2) is 0 Å². The second-order valence-corrected chi connectivity index (χ2v) is 6.46. The largest absolute Gasteiger partial charge is 0.335 e. The van der Waals surface area contributed by atoms with Gasteiger partial charge in [-0.3, -0.25) is 4.99 Å². The van der Waals surface area contributed by atoms with Crippen LogP contribution < -0.4 is 5.32 Å². The third kappa shape index (κ3) is 2.41. The smallest absolute Gasteiger partial charge is 0.161 e. The molecule has 1 aromatic carbocycles. The second kappa shape index (κ2) is 4.96. The van der Waals surface area contributed by atoms with Gasteiger partial charge in [0, 0.05) is 11.4 Å². The molecule has 18 heavy (non-hydrogen) atoms. The quantitative estimate of drug-likeness (QED) is 0.825. The molecule has 0 amide bonds. The van der Waals surface area contributed by atoms with E-state index in [9.17, 15) is 0 Å². The normalized spacial score (nSPS) is 26.7. The van der Waals surface area contributed by atoms with Crippen LogP contribution in [0, 0.1) is 19.8 Å². The zero-order chi connectivity index (χ0) is 12.5. The van der Waals surface area contributed by atoms with Gasteiger partial charge in [0.25, 0.3) is 0 Å². The molecule has 0 spiro atoms. The van der Waals surface area contributed by atoms with Crippen LogP contribution in [-0.4, -0.2) is 17.0 Å².